The number of benzene rings is 2. The number of para-hydroxylation sites is 1. The van der Waals surface area contributed by atoms with Gasteiger partial charge < -0.3 is 38.5 Å². The fourth-order valence-electron chi connectivity index (χ4n) is 3.21. The van der Waals surface area contributed by atoms with Crippen molar-refractivity contribution in [3.8, 4) is 0 Å². The topological polar surface area (TPSA) is 111 Å². The number of hydrogen-bond donors (Lipinski definition) is 1. The summed E-state index contributed by atoms with van der Waals surface area (Å²) in [5, 5.41) is 2.84. The highest BCUT2D eigenvalue weighted by atomic mass is 19.4. The molecule has 13 heteroatoms. The van der Waals surface area contributed by atoms with Gasteiger partial charge >= 0.3 is 18.1 Å². The largest absolute Gasteiger partial charge is 0.460 e. The summed E-state index contributed by atoms with van der Waals surface area (Å²) in [4.78, 5) is 23.3. The molecule has 0 aliphatic heterocycles. The Morgan fingerprint density at radius 2 is 1.19 bits per heavy atom. The van der Waals surface area contributed by atoms with E-state index in [-0.39, 0.29) is 37.7 Å². The Morgan fingerprint density at radius 1 is 0.690 bits per heavy atom. The molecule has 2 rings (SSSR count). The van der Waals surface area contributed by atoms with Crippen LogP contribution >= 0.6 is 0 Å². The van der Waals surface area contributed by atoms with Crippen molar-refractivity contribution in [2.24, 2.45) is 0 Å². The molecular formula is C29H36F3NO9. The number of anilines is 2. The maximum atomic E-state index is 13.0. The van der Waals surface area contributed by atoms with Crippen molar-refractivity contribution < 1.29 is 55.9 Å². The van der Waals surface area contributed by atoms with Crippen LogP contribution in [0, 0.1) is 0 Å². The molecule has 0 spiro atoms. The molecule has 0 unspecified atom stereocenters. The quantitative estimate of drug-likeness (QED) is 0.119. The molecule has 1 N–H and O–H groups in total. The first kappa shape index (κ1) is 34.7. The van der Waals surface area contributed by atoms with Gasteiger partial charge in [-0.3, -0.25) is 0 Å². The number of alkyl halides is 3. The Kier molecular flexibility index (Phi) is 16.9. The number of carbonyl (C=O) groups excluding carboxylic acids is 2. The minimum Gasteiger partial charge on any atom is -0.460 e. The van der Waals surface area contributed by atoms with Gasteiger partial charge in [-0.15, -0.1) is 0 Å². The van der Waals surface area contributed by atoms with Crippen molar-refractivity contribution in [1.29, 1.82) is 0 Å². The highest BCUT2D eigenvalue weighted by molar-refractivity contribution is 5.96. The SMILES string of the molecule is C=CC(=O)OCCOCCOCCOCCOCCOCCOC(=O)c1ccccc1Nc1cccc(C(F)(F)F)c1. The Bertz CT molecular complexity index is 1080. The molecule has 0 amide bonds. The van der Waals surface area contributed by atoms with Gasteiger partial charge in [0.1, 0.15) is 13.2 Å². The molecule has 232 valence electrons. The lowest BCUT2D eigenvalue weighted by atomic mass is 10.1. The summed E-state index contributed by atoms with van der Waals surface area (Å²) in [5.74, 6) is -1.12. The smallest absolute Gasteiger partial charge is 0.416 e. The zero-order chi connectivity index (χ0) is 30.5. The Hall–Kier alpha value is -3.49. The molecule has 0 saturated carbocycles. The number of hydrogen-bond acceptors (Lipinski definition) is 10. The van der Waals surface area contributed by atoms with Crippen LogP contribution in [-0.2, 0) is 44.1 Å². The molecule has 0 fully saturated rings. The van der Waals surface area contributed by atoms with Crippen LogP contribution in [0.2, 0.25) is 0 Å². The van der Waals surface area contributed by atoms with Gasteiger partial charge in [0.05, 0.1) is 82.9 Å². The maximum absolute atomic E-state index is 13.0. The summed E-state index contributed by atoms with van der Waals surface area (Å²) in [5.41, 5.74) is -0.107. The molecule has 0 aliphatic rings. The maximum Gasteiger partial charge on any atom is 0.416 e. The first-order chi connectivity index (χ1) is 20.3. The van der Waals surface area contributed by atoms with Crippen molar-refractivity contribution in [1.82, 2.24) is 0 Å². The third-order valence-electron chi connectivity index (χ3n) is 5.20. The van der Waals surface area contributed by atoms with E-state index in [1.807, 2.05) is 0 Å². The second kappa shape index (κ2) is 20.4. The number of esters is 2. The van der Waals surface area contributed by atoms with Crippen LogP contribution in [0.4, 0.5) is 24.5 Å². The standard InChI is InChI=1S/C29H36F3NO9/c1-2-27(34)41-20-18-39-16-14-37-12-10-36-11-13-38-15-17-40-19-21-42-28(35)25-8-3-4-9-26(25)33-24-7-5-6-23(22-24)29(30,31)32/h2-9,22,33H,1,10-21H2. The van der Waals surface area contributed by atoms with Gasteiger partial charge in [-0.2, -0.15) is 13.2 Å². The lowest BCUT2D eigenvalue weighted by Gasteiger charge is -2.13. The van der Waals surface area contributed by atoms with Crippen LogP contribution in [0.1, 0.15) is 15.9 Å². The molecule has 0 heterocycles. The highest BCUT2D eigenvalue weighted by Crippen LogP contribution is 2.32. The molecule has 2 aromatic carbocycles. The molecule has 0 radical (unpaired) electrons. The number of nitrogens with one attached hydrogen (secondary N) is 1. The summed E-state index contributed by atoms with van der Waals surface area (Å²) < 4.78 is 75.7. The van der Waals surface area contributed by atoms with Gasteiger partial charge in [0.15, 0.2) is 0 Å². The van der Waals surface area contributed by atoms with E-state index in [0.29, 0.717) is 58.5 Å². The zero-order valence-corrected chi connectivity index (χ0v) is 23.2. The van der Waals surface area contributed by atoms with Crippen LogP contribution in [0.25, 0.3) is 0 Å². The van der Waals surface area contributed by atoms with Crippen LogP contribution in [-0.4, -0.2) is 91.2 Å². The first-order valence-corrected chi connectivity index (χ1v) is 13.2. The molecule has 0 aliphatic carbocycles. The zero-order valence-electron chi connectivity index (χ0n) is 23.2. The summed E-state index contributed by atoms with van der Waals surface area (Å²) in [6, 6.07) is 11.1. The Labute approximate surface area is 242 Å². The van der Waals surface area contributed by atoms with E-state index in [0.717, 1.165) is 18.2 Å². The second-order valence-electron chi connectivity index (χ2n) is 8.32. The molecule has 0 aromatic heterocycles. The van der Waals surface area contributed by atoms with Gasteiger partial charge in [0, 0.05) is 11.8 Å². The molecule has 0 atom stereocenters. The van der Waals surface area contributed by atoms with Gasteiger partial charge in [-0.25, -0.2) is 9.59 Å². The first-order valence-electron chi connectivity index (χ1n) is 13.2. The van der Waals surface area contributed by atoms with Gasteiger partial charge in [0.2, 0.25) is 0 Å². The van der Waals surface area contributed by atoms with Crippen LogP contribution in [0.3, 0.4) is 0 Å². The minimum absolute atomic E-state index is 0.00631. The second-order valence-corrected chi connectivity index (χ2v) is 8.32. The van der Waals surface area contributed by atoms with Gasteiger partial charge in [-0.05, 0) is 30.3 Å². The van der Waals surface area contributed by atoms with E-state index in [1.54, 1.807) is 18.2 Å². The van der Waals surface area contributed by atoms with Crippen LogP contribution in [0.15, 0.2) is 61.2 Å². The molecular weight excluding hydrogens is 563 g/mol. The number of rotatable bonds is 22. The lowest BCUT2D eigenvalue weighted by Crippen LogP contribution is -2.15. The van der Waals surface area contributed by atoms with Crippen molar-refractivity contribution in [3.63, 3.8) is 0 Å². The van der Waals surface area contributed by atoms with Crippen LogP contribution in [0.5, 0.6) is 0 Å². The fourth-order valence-corrected chi connectivity index (χ4v) is 3.21. The molecule has 42 heavy (non-hydrogen) atoms. The average molecular weight is 600 g/mol. The third-order valence-corrected chi connectivity index (χ3v) is 5.20. The fraction of sp³-hybridized carbons (Fsp3) is 0.448. The Morgan fingerprint density at radius 3 is 1.71 bits per heavy atom. The lowest BCUT2D eigenvalue weighted by molar-refractivity contribution is -0.139. The molecule has 10 nitrogen and oxygen atoms in total. The minimum atomic E-state index is -4.48. The van der Waals surface area contributed by atoms with Crippen molar-refractivity contribution >= 4 is 23.3 Å². The van der Waals surface area contributed by atoms with Crippen molar-refractivity contribution in [2.75, 3.05) is 84.6 Å². The van der Waals surface area contributed by atoms with E-state index < -0.39 is 23.7 Å². The summed E-state index contributed by atoms with van der Waals surface area (Å²) in [7, 11) is 0. The predicted molar refractivity (Wildman–Crippen MR) is 147 cm³/mol. The van der Waals surface area contributed by atoms with Gasteiger partial charge in [0.25, 0.3) is 0 Å². The summed E-state index contributed by atoms with van der Waals surface area (Å²) in [6.45, 7) is 6.85. The normalized spacial score (nSPS) is 11.2. The van der Waals surface area contributed by atoms with Gasteiger partial charge in [-0.1, -0.05) is 24.8 Å². The number of carbonyl (C=O) groups is 2. The number of halogens is 3. The summed E-state index contributed by atoms with van der Waals surface area (Å²) >= 11 is 0. The van der Waals surface area contributed by atoms with E-state index in [1.165, 1.54) is 18.2 Å². The van der Waals surface area contributed by atoms with E-state index in [2.05, 4.69) is 11.9 Å². The monoisotopic (exact) mass is 599 g/mol. The molecule has 0 bridgehead atoms. The highest BCUT2D eigenvalue weighted by Gasteiger charge is 2.30. The molecule has 0 saturated heterocycles. The third kappa shape index (κ3) is 14.9. The van der Waals surface area contributed by atoms with Crippen molar-refractivity contribution in [3.05, 3.63) is 72.3 Å². The van der Waals surface area contributed by atoms with E-state index in [4.69, 9.17) is 33.2 Å². The predicted octanol–water partition coefficient (Wildman–Crippen LogP) is 4.42. The summed E-state index contributed by atoms with van der Waals surface area (Å²) in [6.07, 6.45) is -3.39. The van der Waals surface area contributed by atoms with Crippen LogP contribution < -0.4 is 5.32 Å². The number of ether oxygens (including phenoxy) is 7. The average Bonchev–Trinajstić information content (AvgIpc) is 2.98. The van der Waals surface area contributed by atoms with E-state index >= 15 is 0 Å². The van der Waals surface area contributed by atoms with E-state index in [9.17, 15) is 22.8 Å². The van der Waals surface area contributed by atoms with Crippen molar-refractivity contribution in [2.45, 2.75) is 6.18 Å². The molecule has 2 aromatic rings. The Balaban J connectivity index is 1.47.